The van der Waals surface area contributed by atoms with Crippen molar-refractivity contribution in [2.75, 3.05) is 45.9 Å². The number of aliphatic hydroxyl groups is 1. The molecule has 1 fully saturated rings. The molecule has 3 N–H and O–H groups in total. The van der Waals surface area contributed by atoms with Crippen molar-refractivity contribution in [3.63, 3.8) is 0 Å². The highest BCUT2D eigenvalue weighted by Gasteiger charge is 2.24. The highest BCUT2D eigenvalue weighted by atomic mass is 32.1. The highest BCUT2D eigenvalue weighted by molar-refractivity contribution is 7.08. The van der Waals surface area contributed by atoms with Crippen LogP contribution in [0.2, 0.25) is 0 Å². The van der Waals surface area contributed by atoms with E-state index in [1.54, 1.807) is 18.3 Å². The van der Waals surface area contributed by atoms with Crippen LogP contribution in [0.25, 0.3) is 0 Å². The van der Waals surface area contributed by atoms with Gasteiger partial charge in [-0.15, -0.1) is 0 Å². The summed E-state index contributed by atoms with van der Waals surface area (Å²) in [6.07, 6.45) is 0.156. The molecule has 0 bridgehead atoms. The van der Waals surface area contributed by atoms with Crippen LogP contribution in [0, 0.1) is 5.92 Å². The predicted molar refractivity (Wildman–Crippen MR) is 109 cm³/mol. The maximum absolute atomic E-state index is 10.6. The Labute approximate surface area is 161 Å². The first-order valence-corrected chi connectivity index (χ1v) is 10.5. The first kappa shape index (κ1) is 21.2. The van der Waals surface area contributed by atoms with Gasteiger partial charge in [-0.25, -0.2) is 4.99 Å². The molecule has 1 aliphatic rings. The maximum Gasteiger partial charge on any atom is 0.191 e. The number of hydrogen-bond acceptors (Lipinski definition) is 5. The molecule has 0 saturated carbocycles. The normalized spacial score (nSPS) is 21.6. The lowest BCUT2D eigenvalue weighted by Gasteiger charge is -2.34. The molecule has 2 unspecified atom stereocenters. The molecular weight excluding hydrogens is 348 g/mol. The molecule has 6 nitrogen and oxygen atoms in total. The molecule has 1 aliphatic heterocycles. The van der Waals surface area contributed by atoms with E-state index >= 15 is 0 Å². The van der Waals surface area contributed by atoms with Gasteiger partial charge in [0.1, 0.15) is 5.60 Å². The van der Waals surface area contributed by atoms with Gasteiger partial charge in [0.25, 0.3) is 0 Å². The fourth-order valence-corrected chi connectivity index (χ4v) is 3.82. The summed E-state index contributed by atoms with van der Waals surface area (Å²) in [4.78, 5) is 7.04. The van der Waals surface area contributed by atoms with Gasteiger partial charge in [0, 0.05) is 32.7 Å². The molecule has 0 radical (unpaired) electrons. The average molecular weight is 383 g/mol. The van der Waals surface area contributed by atoms with E-state index in [0.717, 1.165) is 38.3 Å². The lowest BCUT2D eigenvalue weighted by molar-refractivity contribution is -0.0284. The van der Waals surface area contributed by atoms with E-state index in [2.05, 4.69) is 34.4 Å². The summed E-state index contributed by atoms with van der Waals surface area (Å²) < 4.78 is 5.89. The molecule has 0 amide bonds. The van der Waals surface area contributed by atoms with Gasteiger partial charge < -0.3 is 20.5 Å². The zero-order valence-corrected chi connectivity index (χ0v) is 17.3. The van der Waals surface area contributed by atoms with Crippen LogP contribution in [0.1, 0.15) is 33.3 Å². The molecule has 0 aromatic carbocycles. The van der Waals surface area contributed by atoms with Gasteiger partial charge in [0.2, 0.25) is 0 Å². The van der Waals surface area contributed by atoms with Crippen molar-refractivity contribution in [3.05, 3.63) is 22.4 Å². The van der Waals surface area contributed by atoms with Gasteiger partial charge in [-0.3, -0.25) is 4.90 Å². The molecule has 148 valence electrons. The number of hydrogen-bond donors (Lipinski definition) is 3. The Morgan fingerprint density at radius 2 is 2.31 bits per heavy atom. The van der Waals surface area contributed by atoms with E-state index in [4.69, 9.17) is 4.74 Å². The summed E-state index contributed by atoms with van der Waals surface area (Å²) in [6.45, 7) is 14.0. The first-order valence-electron chi connectivity index (χ1n) is 9.52. The van der Waals surface area contributed by atoms with Crippen LogP contribution in [-0.2, 0) is 10.3 Å². The van der Waals surface area contributed by atoms with E-state index in [-0.39, 0.29) is 6.10 Å². The number of rotatable bonds is 8. The molecule has 2 heterocycles. The fourth-order valence-electron chi connectivity index (χ4n) is 3.03. The number of thiophene rings is 1. The van der Waals surface area contributed by atoms with Crippen LogP contribution in [0.15, 0.2) is 21.8 Å². The second-order valence-corrected chi connectivity index (χ2v) is 8.29. The van der Waals surface area contributed by atoms with Gasteiger partial charge in [0.15, 0.2) is 5.96 Å². The van der Waals surface area contributed by atoms with Gasteiger partial charge >= 0.3 is 0 Å². The van der Waals surface area contributed by atoms with E-state index in [9.17, 15) is 5.11 Å². The van der Waals surface area contributed by atoms with E-state index in [1.807, 2.05) is 23.8 Å². The third kappa shape index (κ3) is 6.87. The third-order valence-electron chi connectivity index (χ3n) is 4.38. The molecule has 1 aromatic heterocycles. The molecule has 2 atom stereocenters. The van der Waals surface area contributed by atoms with Crippen LogP contribution in [0.5, 0.6) is 0 Å². The zero-order valence-electron chi connectivity index (χ0n) is 16.5. The minimum atomic E-state index is -0.961. The second kappa shape index (κ2) is 10.3. The van der Waals surface area contributed by atoms with Crippen molar-refractivity contribution < 1.29 is 9.84 Å². The molecule has 1 aromatic rings. The minimum absolute atomic E-state index is 0.156. The smallest absolute Gasteiger partial charge is 0.191 e. The van der Waals surface area contributed by atoms with Crippen molar-refractivity contribution in [2.45, 2.75) is 39.4 Å². The predicted octanol–water partition coefficient (Wildman–Crippen LogP) is 1.87. The largest absolute Gasteiger partial charge is 0.383 e. The SMILES string of the molecule is CCNC(=NCC(C)(O)c1ccsc1)NCC1CN(CC(C)C)CCO1. The molecular formula is C19H34N4O2S. The summed E-state index contributed by atoms with van der Waals surface area (Å²) in [7, 11) is 0. The topological polar surface area (TPSA) is 69.1 Å². The minimum Gasteiger partial charge on any atom is -0.383 e. The van der Waals surface area contributed by atoms with Crippen molar-refractivity contribution in [3.8, 4) is 0 Å². The van der Waals surface area contributed by atoms with Crippen molar-refractivity contribution in [1.82, 2.24) is 15.5 Å². The van der Waals surface area contributed by atoms with Crippen LogP contribution in [0.4, 0.5) is 0 Å². The van der Waals surface area contributed by atoms with Crippen LogP contribution < -0.4 is 10.6 Å². The number of nitrogens with zero attached hydrogens (tertiary/aromatic N) is 2. The number of morpholine rings is 1. The Morgan fingerprint density at radius 3 is 2.96 bits per heavy atom. The second-order valence-electron chi connectivity index (χ2n) is 7.51. The van der Waals surface area contributed by atoms with Gasteiger partial charge in [-0.1, -0.05) is 13.8 Å². The molecule has 7 heteroatoms. The Kier molecular flexibility index (Phi) is 8.34. The number of aliphatic imine (C=N–C) groups is 1. The first-order chi connectivity index (χ1) is 12.4. The van der Waals surface area contributed by atoms with Crippen molar-refractivity contribution in [2.24, 2.45) is 10.9 Å². The average Bonchev–Trinajstić information content (AvgIpc) is 3.13. The lowest BCUT2D eigenvalue weighted by atomic mass is 10.00. The molecule has 0 spiro atoms. The van der Waals surface area contributed by atoms with Crippen molar-refractivity contribution in [1.29, 1.82) is 0 Å². The quantitative estimate of drug-likeness (QED) is 0.473. The fraction of sp³-hybridized carbons (Fsp3) is 0.737. The van der Waals surface area contributed by atoms with Crippen LogP contribution in [-0.4, -0.2) is 67.9 Å². The highest BCUT2D eigenvalue weighted by Crippen LogP contribution is 2.23. The Morgan fingerprint density at radius 1 is 1.50 bits per heavy atom. The van der Waals surface area contributed by atoms with Gasteiger partial charge in [0.05, 0.1) is 19.3 Å². The maximum atomic E-state index is 10.6. The molecule has 2 rings (SSSR count). The van der Waals surface area contributed by atoms with E-state index in [1.165, 1.54) is 0 Å². The Bertz CT molecular complexity index is 546. The number of nitrogens with one attached hydrogen (secondary N) is 2. The van der Waals surface area contributed by atoms with Crippen LogP contribution in [0.3, 0.4) is 0 Å². The standard InChI is InChI=1S/C19H34N4O2S/c1-5-20-18(22-14-19(4,24)16-6-9-26-13-16)21-10-17-12-23(7-8-25-17)11-15(2)3/h6,9,13,15,17,24H,5,7-8,10-12,14H2,1-4H3,(H2,20,21,22). The number of ether oxygens (including phenoxy) is 1. The Hall–Kier alpha value is -1.15. The third-order valence-corrected chi connectivity index (χ3v) is 5.06. The van der Waals surface area contributed by atoms with Gasteiger partial charge in [-0.05, 0) is 42.2 Å². The van der Waals surface area contributed by atoms with Gasteiger partial charge in [-0.2, -0.15) is 11.3 Å². The summed E-state index contributed by atoms with van der Waals surface area (Å²) in [5.41, 5.74) is -0.0559. The molecule has 1 saturated heterocycles. The van der Waals surface area contributed by atoms with Crippen LogP contribution >= 0.6 is 11.3 Å². The Balaban J connectivity index is 1.87. The molecule has 26 heavy (non-hydrogen) atoms. The lowest BCUT2D eigenvalue weighted by Crippen LogP contribution is -2.50. The van der Waals surface area contributed by atoms with E-state index in [0.29, 0.717) is 25.0 Å². The summed E-state index contributed by atoms with van der Waals surface area (Å²) >= 11 is 1.58. The van der Waals surface area contributed by atoms with E-state index < -0.39 is 5.60 Å². The van der Waals surface area contributed by atoms with Crippen molar-refractivity contribution >= 4 is 17.3 Å². The monoisotopic (exact) mass is 382 g/mol. The summed E-state index contributed by atoms with van der Waals surface area (Å²) in [5, 5.41) is 21.2. The molecule has 0 aliphatic carbocycles. The zero-order chi connectivity index (χ0) is 19.0. The summed E-state index contributed by atoms with van der Waals surface area (Å²) in [5.74, 6) is 1.38. The number of guanidine groups is 1. The summed E-state index contributed by atoms with van der Waals surface area (Å²) in [6, 6.07) is 1.94.